The average Bonchev–Trinajstić information content (AvgIpc) is 2.90. The van der Waals surface area contributed by atoms with Gasteiger partial charge in [0.1, 0.15) is 11.8 Å². The van der Waals surface area contributed by atoms with E-state index in [1.807, 2.05) is 19.1 Å². The molecule has 7 heteroatoms. The molecule has 0 bridgehead atoms. The molecule has 7 nitrogen and oxygen atoms in total. The second-order valence-electron chi connectivity index (χ2n) is 4.55. The van der Waals surface area contributed by atoms with E-state index in [2.05, 4.69) is 30.8 Å². The highest BCUT2D eigenvalue weighted by Crippen LogP contribution is 2.22. The predicted molar refractivity (Wildman–Crippen MR) is 79.5 cm³/mol. The highest BCUT2D eigenvalue weighted by atomic mass is 16.1. The van der Waals surface area contributed by atoms with Gasteiger partial charge in [-0.1, -0.05) is 0 Å². The molecular weight excluding hydrogens is 268 g/mol. The first kappa shape index (κ1) is 13.0. The second kappa shape index (κ2) is 5.20. The van der Waals surface area contributed by atoms with Crippen molar-refractivity contribution in [2.24, 2.45) is 0 Å². The average molecular weight is 282 g/mol. The molecule has 0 saturated carbocycles. The van der Waals surface area contributed by atoms with Gasteiger partial charge in [-0.15, -0.1) is 0 Å². The molecule has 1 aromatic carbocycles. The lowest BCUT2D eigenvalue weighted by atomic mass is 10.2. The molecule has 106 valence electrons. The van der Waals surface area contributed by atoms with Gasteiger partial charge in [-0.2, -0.15) is 5.10 Å². The first-order chi connectivity index (χ1) is 10.2. The van der Waals surface area contributed by atoms with Gasteiger partial charge in [0.2, 0.25) is 0 Å². The summed E-state index contributed by atoms with van der Waals surface area (Å²) in [7, 11) is 1.60. The summed E-state index contributed by atoms with van der Waals surface area (Å²) in [6, 6.07) is 7.13. The standard InChI is InChI=1S/C14H14N6O/c1-8-11-12(20-19-8)13(17-7-16-11)18-10-5-3-9(4-6-10)14(21)15-2/h3-7H,1-2H3,(H,15,21)(H,19,20)(H,16,17,18). The number of fused-ring (bicyclic) bond motifs is 1. The summed E-state index contributed by atoms with van der Waals surface area (Å²) >= 11 is 0. The molecule has 0 aliphatic carbocycles. The lowest BCUT2D eigenvalue weighted by Gasteiger charge is -2.06. The van der Waals surface area contributed by atoms with Crippen molar-refractivity contribution in [3.63, 3.8) is 0 Å². The third-order valence-corrected chi connectivity index (χ3v) is 3.15. The highest BCUT2D eigenvalue weighted by Gasteiger charge is 2.09. The number of amides is 1. The van der Waals surface area contributed by atoms with E-state index in [0.717, 1.165) is 16.9 Å². The molecule has 0 aliphatic rings. The molecule has 0 radical (unpaired) electrons. The topological polar surface area (TPSA) is 95.6 Å². The van der Waals surface area contributed by atoms with Crippen molar-refractivity contribution in [2.75, 3.05) is 12.4 Å². The third-order valence-electron chi connectivity index (χ3n) is 3.15. The van der Waals surface area contributed by atoms with Gasteiger partial charge < -0.3 is 10.6 Å². The fourth-order valence-electron chi connectivity index (χ4n) is 2.03. The molecule has 3 N–H and O–H groups in total. The van der Waals surface area contributed by atoms with Crippen LogP contribution in [0.25, 0.3) is 11.0 Å². The maximum Gasteiger partial charge on any atom is 0.251 e. The Morgan fingerprint density at radius 2 is 1.90 bits per heavy atom. The number of benzene rings is 1. The normalized spacial score (nSPS) is 10.6. The Balaban J connectivity index is 1.90. The van der Waals surface area contributed by atoms with Crippen molar-refractivity contribution in [3.05, 3.63) is 41.9 Å². The number of carbonyl (C=O) groups is 1. The van der Waals surface area contributed by atoms with Gasteiger partial charge in [0, 0.05) is 18.3 Å². The summed E-state index contributed by atoms with van der Waals surface area (Å²) in [5.41, 5.74) is 3.79. The van der Waals surface area contributed by atoms with Crippen molar-refractivity contribution >= 4 is 28.4 Å². The minimum atomic E-state index is -0.117. The van der Waals surface area contributed by atoms with Gasteiger partial charge in [0.25, 0.3) is 5.91 Å². The Hall–Kier alpha value is -2.96. The summed E-state index contributed by atoms with van der Waals surface area (Å²) in [6.07, 6.45) is 1.49. The van der Waals surface area contributed by atoms with E-state index in [0.29, 0.717) is 16.9 Å². The minimum Gasteiger partial charge on any atom is -0.355 e. The minimum absolute atomic E-state index is 0.117. The van der Waals surface area contributed by atoms with Crippen LogP contribution in [-0.4, -0.2) is 33.1 Å². The number of aromatic amines is 1. The van der Waals surface area contributed by atoms with Gasteiger partial charge in [-0.3, -0.25) is 9.89 Å². The SMILES string of the molecule is CNC(=O)c1ccc(Nc2ncnc3c(C)[nH]nc23)cc1. The van der Waals surface area contributed by atoms with E-state index in [1.165, 1.54) is 6.33 Å². The van der Waals surface area contributed by atoms with Crippen molar-refractivity contribution in [3.8, 4) is 0 Å². The number of nitrogens with zero attached hydrogens (tertiary/aromatic N) is 3. The third kappa shape index (κ3) is 2.40. The molecule has 0 unspecified atom stereocenters. The monoisotopic (exact) mass is 282 g/mol. The molecule has 0 aliphatic heterocycles. The lowest BCUT2D eigenvalue weighted by Crippen LogP contribution is -2.17. The van der Waals surface area contributed by atoms with Gasteiger partial charge >= 0.3 is 0 Å². The van der Waals surface area contributed by atoms with Crippen LogP contribution in [0.15, 0.2) is 30.6 Å². The van der Waals surface area contributed by atoms with Crippen LogP contribution in [0.2, 0.25) is 0 Å². The molecule has 21 heavy (non-hydrogen) atoms. The zero-order chi connectivity index (χ0) is 14.8. The maximum atomic E-state index is 11.5. The Bertz CT molecular complexity index is 793. The van der Waals surface area contributed by atoms with E-state index >= 15 is 0 Å². The van der Waals surface area contributed by atoms with Gasteiger partial charge in [0.05, 0.1) is 5.69 Å². The summed E-state index contributed by atoms with van der Waals surface area (Å²) in [6.45, 7) is 1.91. The molecule has 1 amide bonds. The zero-order valence-electron chi connectivity index (χ0n) is 11.6. The number of hydrogen-bond donors (Lipinski definition) is 3. The van der Waals surface area contributed by atoms with Crippen LogP contribution < -0.4 is 10.6 Å². The van der Waals surface area contributed by atoms with Crippen molar-refractivity contribution in [2.45, 2.75) is 6.92 Å². The maximum absolute atomic E-state index is 11.5. The van der Waals surface area contributed by atoms with Crippen LogP contribution in [0.5, 0.6) is 0 Å². The summed E-state index contributed by atoms with van der Waals surface area (Å²) in [5.74, 6) is 0.506. The van der Waals surface area contributed by atoms with Crippen LogP contribution in [-0.2, 0) is 0 Å². The highest BCUT2D eigenvalue weighted by molar-refractivity contribution is 5.94. The fourth-order valence-corrected chi connectivity index (χ4v) is 2.03. The van der Waals surface area contributed by atoms with E-state index in [9.17, 15) is 4.79 Å². The van der Waals surface area contributed by atoms with Crippen LogP contribution in [0.3, 0.4) is 0 Å². The van der Waals surface area contributed by atoms with Crippen molar-refractivity contribution in [1.29, 1.82) is 0 Å². The largest absolute Gasteiger partial charge is 0.355 e. The number of anilines is 2. The summed E-state index contributed by atoms with van der Waals surface area (Å²) < 4.78 is 0. The predicted octanol–water partition coefficient (Wildman–Crippen LogP) is 1.76. The van der Waals surface area contributed by atoms with E-state index < -0.39 is 0 Å². The first-order valence-corrected chi connectivity index (χ1v) is 6.44. The molecule has 0 fully saturated rings. The van der Waals surface area contributed by atoms with Crippen LogP contribution in [0.4, 0.5) is 11.5 Å². The molecule has 0 atom stereocenters. The molecule has 2 aromatic heterocycles. The van der Waals surface area contributed by atoms with Crippen molar-refractivity contribution < 1.29 is 4.79 Å². The lowest BCUT2D eigenvalue weighted by molar-refractivity contribution is 0.0963. The number of carbonyl (C=O) groups excluding carboxylic acids is 1. The quantitative estimate of drug-likeness (QED) is 0.680. The van der Waals surface area contributed by atoms with Crippen LogP contribution in [0, 0.1) is 6.92 Å². The second-order valence-corrected chi connectivity index (χ2v) is 4.55. The number of nitrogens with one attached hydrogen (secondary N) is 3. The molecule has 3 rings (SSSR count). The van der Waals surface area contributed by atoms with Gasteiger partial charge in [-0.05, 0) is 31.2 Å². The van der Waals surface area contributed by atoms with E-state index in [4.69, 9.17) is 0 Å². The Labute approximate surface area is 120 Å². The number of hydrogen-bond acceptors (Lipinski definition) is 5. The number of rotatable bonds is 3. The van der Waals surface area contributed by atoms with E-state index in [-0.39, 0.29) is 5.91 Å². The molecular formula is C14H14N6O. The number of aryl methyl sites for hydroxylation is 1. The fraction of sp³-hybridized carbons (Fsp3) is 0.143. The number of aromatic nitrogens is 4. The first-order valence-electron chi connectivity index (χ1n) is 6.44. The van der Waals surface area contributed by atoms with Crippen molar-refractivity contribution in [1.82, 2.24) is 25.5 Å². The Morgan fingerprint density at radius 3 is 2.62 bits per heavy atom. The number of H-pyrrole nitrogens is 1. The molecule has 0 saturated heterocycles. The molecule has 3 aromatic rings. The Morgan fingerprint density at radius 1 is 1.14 bits per heavy atom. The Kier molecular flexibility index (Phi) is 3.23. The van der Waals surface area contributed by atoms with Gasteiger partial charge in [0.15, 0.2) is 11.3 Å². The van der Waals surface area contributed by atoms with Gasteiger partial charge in [-0.25, -0.2) is 9.97 Å². The zero-order valence-corrected chi connectivity index (χ0v) is 11.6. The molecule has 2 heterocycles. The van der Waals surface area contributed by atoms with Crippen LogP contribution in [0.1, 0.15) is 16.1 Å². The van der Waals surface area contributed by atoms with Crippen LogP contribution >= 0.6 is 0 Å². The van der Waals surface area contributed by atoms with E-state index in [1.54, 1.807) is 19.2 Å². The smallest absolute Gasteiger partial charge is 0.251 e. The summed E-state index contributed by atoms with van der Waals surface area (Å²) in [5, 5.41) is 12.8. The summed E-state index contributed by atoms with van der Waals surface area (Å²) in [4.78, 5) is 19.9. The molecule has 0 spiro atoms.